The number of aromatic nitrogens is 2. The molecule has 0 aliphatic heterocycles. The molecule has 0 aliphatic rings. The van der Waals surface area contributed by atoms with Crippen molar-refractivity contribution in [3.8, 4) is 11.1 Å². The van der Waals surface area contributed by atoms with Crippen molar-refractivity contribution in [2.75, 3.05) is 6.54 Å². The fourth-order valence-electron chi connectivity index (χ4n) is 4.05. The molecule has 0 saturated carbocycles. The van der Waals surface area contributed by atoms with Crippen molar-refractivity contribution < 1.29 is 4.74 Å². The summed E-state index contributed by atoms with van der Waals surface area (Å²) in [5.74, 6) is 0.679. The summed E-state index contributed by atoms with van der Waals surface area (Å²) in [5.41, 5.74) is 6.90. The Labute approximate surface area is 218 Å². The second kappa shape index (κ2) is 12.9. The van der Waals surface area contributed by atoms with Crippen LogP contribution in [0.5, 0.6) is 0 Å². The van der Waals surface area contributed by atoms with Gasteiger partial charge in [-0.15, -0.1) is 0 Å². The normalized spacial score (nSPS) is 11.1. The molecule has 0 radical (unpaired) electrons. The van der Waals surface area contributed by atoms with E-state index in [0.717, 1.165) is 39.9 Å². The highest BCUT2D eigenvalue weighted by Gasteiger charge is 2.15. The zero-order valence-electron chi connectivity index (χ0n) is 21.0. The molecule has 4 aromatic rings. The van der Waals surface area contributed by atoms with Gasteiger partial charge in [-0.3, -0.25) is 5.41 Å². The maximum absolute atomic E-state index is 8.62. The van der Waals surface area contributed by atoms with Crippen LogP contribution in [0.3, 0.4) is 0 Å². The Balaban J connectivity index is 1.51. The lowest BCUT2D eigenvalue weighted by atomic mass is 9.91. The lowest BCUT2D eigenvalue weighted by molar-refractivity contribution is 0.179. The highest BCUT2D eigenvalue weighted by molar-refractivity contribution is 6.14. The van der Waals surface area contributed by atoms with Crippen LogP contribution in [0.15, 0.2) is 115 Å². The summed E-state index contributed by atoms with van der Waals surface area (Å²) in [6.45, 7) is 7.22. The largest absolute Gasteiger partial charge is 0.475 e. The van der Waals surface area contributed by atoms with Crippen LogP contribution in [0.1, 0.15) is 35.1 Å². The molecule has 6 nitrogen and oxygen atoms in total. The summed E-state index contributed by atoms with van der Waals surface area (Å²) in [5, 5.41) is 11.9. The van der Waals surface area contributed by atoms with Gasteiger partial charge in [-0.1, -0.05) is 78.9 Å². The van der Waals surface area contributed by atoms with Gasteiger partial charge < -0.3 is 10.1 Å². The number of ether oxygens (including phenoxy) is 1. The van der Waals surface area contributed by atoms with Crippen LogP contribution in [0.25, 0.3) is 11.1 Å². The van der Waals surface area contributed by atoms with Crippen molar-refractivity contribution in [3.05, 3.63) is 132 Å². The number of amidine groups is 1. The van der Waals surface area contributed by atoms with Crippen molar-refractivity contribution in [2.24, 2.45) is 4.99 Å². The van der Waals surface area contributed by atoms with Gasteiger partial charge in [0.05, 0.1) is 11.3 Å². The Bertz CT molecular complexity index is 1350. The Morgan fingerprint density at radius 1 is 0.946 bits per heavy atom. The van der Waals surface area contributed by atoms with Gasteiger partial charge in [-0.25, -0.2) is 15.0 Å². The second-order valence-electron chi connectivity index (χ2n) is 8.63. The van der Waals surface area contributed by atoms with Crippen LogP contribution in [0.4, 0.5) is 0 Å². The van der Waals surface area contributed by atoms with Crippen LogP contribution in [0, 0.1) is 12.3 Å². The first-order valence-corrected chi connectivity index (χ1v) is 12.3. The minimum absolute atomic E-state index is 0.140. The molecule has 6 heteroatoms. The van der Waals surface area contributed by atoms with Crippen molar-refractivity contribution >= 4 is 11.5 Å². The molecule has 0 atom stereocenters. The van der Waals surface area contributed by atoms with Gasteiger partial charge in [0, 0.05) is 24.5 Å². The number of benzene rings is 3. The van der Waals surface area contributed by atoms with Crippen molar-refractivity contribution in [3.63, 3.8) is 0 Å². The van der Waals surface area contributed by atoms with E-state index in [4.69, 9.17) is 15.1 Å². The molecule has 1 aromatic heterocycles. The van der Waals surface area contributed by atoms with Gasteiger partial charge in [-0.2, -0.15) is 0 Å². The van der Waals surface area contributed by atoms with Crippen LogP contribution in [-0.4, -0.2) is 28.1 Å². The summed E-state index contributed by atoms with van der Waals surface area (Å²) in [7, 11) is 0. The smallest absolute Gasteiger partial charge is 0.179 e. The third-order valence-corrected chi connectivity index (χ3v) is 5.90. The Morgan fingerprint density at radius 3 is 2.38 bits per heavy atom. The molecule has 3 aromatic carbocycles. The van der Waals surface area contributed by atoms with Gasteiger partial charge in [0.2, 0.25) is 0 Å². The third-order valence-electron chi connectivity index (χ3n) is 5.90. The molecular formula is C31H31N5O. The van der Waals surface area contributed by atoms with E-state index in [-0.39, 0.29) is 5.84 Å². The number of aryl methyl sites for hydroxylation is 1. The topological polar surface area (TPSA) is 83.3 Å². The summed E-state index contributed by atoms with van der Waals surface area (Å²) >= 11 is 0. The first-order valence-electron chi connectivity index (χ1n) is 12.3. The zero-order chi connectivity index (χ0) is 25.9. The van der Waals surface area contributed by atoms with Crippen molar-refractivity contribution in [1.29, 1.82) is 5.41 Å². The molecule has 0 bridgehead atoms. The molecule has 186 valence electrons. The van der Waals surface area contributed by atoms with Crippen molar-refractivity contribution in [1.82, 2.24) is 15.3 Å². The Morgan fingerprint density at radius 2 is 1.65 bits per heavy atom. The van der Waals surface area contributed by atoms with Gasteiger partial charge in [-0.05, 0) is 48.6 Å². The second-order valence-corrected chi connectivity index (χ2v) is 8.63. The molecule has 4 rings (SSSR count). The molecular weight excluding hydrogens is 458 g/mol. The number of nitrogens with one attached hydrogen (secondary N) is 2. The fraction of sp³-hybridized carbons (Fsp3) is 0.161. The van der Waals surface area contributed by atoms with Crippen LogP contribution >= 0.6 is 0 Å². The van der Waals surface area contributed by atoms with E-state index in [2.05, 4.69) is 59.1 Å². The Kier molecular flexibility index (Phi) is 8.92. The zero-order valence-corrected chi connectivity index (χ0v) is 21.0. The predicted molar refractivity (Wildman–Crippen MR) is 150 cm³/mol. The quantitative estimate of drug-likeness (QED) is 0.112. The number of rotatable bonds is 11. The number of nitrogens with zero attached hydrogens (tertiary/aromatic N) is 3. The van der Waals surface area contributed by atoms with Crippen LogP contribution in [0.2, 0.25) is 0 Å². The van der Waals surface area contributed by atoms with E-state index < -0.39 is 0 Å². The highest BCUT2D eigenvalue weighted by Crippen LogP contribution is 2.28. The van der Waals surface area contributed by atoms with E-state index in [1.54, 1.807) is 12.4 Å². The number of aliphatic imine (C=N–C) groups is 1. The van der Waals surface area contributed by atoms with Gasteiger partial charge in [0.15, 0.2) is 11.7 Å². The molecule has 0 unspecified atom stereocenters. The average molecular weight is 490 g/mol. The summed E-state index contributed by atoms with van der Waals surface area (Å²) in [6.07, 6.45) is 6.13. The molecule has 0 amide bonds. The standard InChI is InChI=1S/C31H31N5O/c1-23-11-9-16-28(26-14-7-4-8-15-26)30(23)29(36-31(32)27-19-33-22-34-20-27)17-10-18-35-24(2)37-21-25-12-5-3-6-13-25/h3-9,11-16,19-20,22,32,35H,2,10,17-18,21H2,1H3/b32-31?,36-29-. The molecule has 1 heterocycles. The molecule has 0 spiro atoms. The summed E-state index contributed by atoms with van der Waals surface area (Å²) in [6, 6.07) is 26.5. The van der Waals surface area contributed by atoms with Gasteiger partial charge in [0.25, 0.3) is 0 Å². The van der Waals surface area contributed by atoms with Crippen molar-refractivity contribution in [2.45, 2.75) is 26.4 Å². The third kappa shape index (κ3) is 7.21. The van der Waals surface area contributed by atoms with E-state index in [9.17, 15) is 0 Å². The van der Waals surface area contributed by atoms with E-state index in [1.165, 1.54) is 6.33 Å². The number of hydrogen-bond donors (Lipinski definition) is 2. The van der Waals surface area contributed by atoms with E-state index >= 15 is 0 Å². The van der Waals surface area contributed by atoms with Gasteiger partial charge >= 0.3 is 0 Å². The summed E-state index contributed by atoms with van der Waals surface area (Å²) < 4.78 is 5.75. The van der Waals surface area contributed by atoms with Crippen LogP contribution in [-0.2, 0) is 11.3 Å². The average Bonchev–Trinajstić information content (AvgIpc) is 2.95. The molecule has 37 heavy (non-hydrogen) atoms. The van der Waals surface area contributed by atoms with E-state index in [0.29, 0.717) is 31.0 Å². The lowest BCUT2D eigenvalue weighted by Gasteiger charge is -2.17. The molecule has 0 saturated heterocycles. The van der Waals surface area contributed by atoms with Crippen LogP contribution < -0.4 is 5.32 Å². The molecule has 0 fully saturated rings. The van der Waals surface area contributed by atoms with Gasteiger partial charge in [0.1, 0.15) is 12.9 Å². The molecule has 0 aliphatic carbocycles. The van der Waals surface area contributed by atoms with E-state index in [1.807, 2.05) is 48.5 Å². The summed E-state index contributed by atoms with van der Waals surface area (Å²) in [4.78, 5) is 12.9. The minimum atomic E-state index is 0.140. The number of hydrogen-bond acceptors (Lipinski definition) is 5. The SMILES string of the molecule is C=C(NCCC/C(=N/C(=N)c1cncnc1)c1c(C)cccc1-c1ccccc1)OCc1ccccc1. The monoisotopic (exact) mass is 489 g/mol. The first kappa shape index (κ1) is 25.5. The predicted octanol–water partition coefficient (Wildman–Crippen LogP) is 6.32. The fourth-order valence-corrected chi connectivity index (χ4v) is 4.05. The lowest BCUT2D eigenvalue weighted by Crippen LogP contribution is -2.18. The Hall–Kier alpha value is -4.58. The minimum Gasteiger partial charge on any atom is -0.475 e. The first-order chi connectivity index (χ1) is 18.1. The highest BCUT2D eigenvalue weighted by atomic mass is 16.5. The molecule has 2 N–H and O–H groups in total. The maximum Gasteiger partial charge on any atom is 0.179 e. The maximum atomic E-state index is 8.62.